The van der Waals surface area contributed by atoms with Gasteiger partial charge in [-0.05, 0) is 12.1 Å². The Balaban J connectivity index is 2.07. The highest BCUT2D eigenvalue weighted by atomic mass is 35.5. The van der Waals surface area contributed by atoms with Crippen molar-refractivity contribution in [3.63, 3.8) is 0 Å². The molecule has 0 radical (unpaired) electrons. The van der Waals surface area contributed by atoms with Gasteiger partial charge in [0, 0.05) is 23.4 Å². The van der Waals surface area contributed by atoms with Gasteiger partial charge in [-0.25, -0.2) is 0 Å². The Morgan fingerprint density at radius 3 is 2.72 bits per heavy atom. The molecule has 94 valence electrons. The van der Waals surface area contributed by atoms with Crippen LogP contribution >= 0.6 is 23.4 Å². The molecule has 0 atom stereocenters. The van der Waals surface area contributed by atoms with Crippen molar-refractivity contribution in [3.8, 4) is 0 Å². The summed E-state index contributed by atoms with van der Waals surface area (Å²) in [6.45, 7) is 0. The van der Waals surface area contributed by atoms with Crippen LogP contribution in [0.15, 0.2) is 40.9 Å². The largest absolute Gasteiger partial charge is 0.411 e. The Kier molecular flexibility index (Phi) is 4.22. The first-order valence-corrected chi connectivity index (χ1v) is 6.50. The van der Waals surface area contributed by atoms with Gasteiger partial charge in [0.05, 0.1) is 5.71 Å². The van der Waals surface area contributed by atoms with E-state index in [0.29, 0.717) is 16.5 Å². The summed E-state index contributed by atoms with van der Waals surface area (Å²) < 4.78 is 1.81. The molecule has 2 aromatic rings. The molecule has 5 nitrogen and oxygen atoms in total. The Morgan fingerprint density at radius 1 is 1.44 bits per heavy atom. The molecule has 1 N–H and O–H groups in total. The van der Waals surface area contributed by atoms with E-state index in [1.807, 2.05) is 23.7 Å². The summed E-state index contributed by atoms with van der Waals surface area (Å²) in [4.78, 5) is 0. The third kappa shape index (κ3) is 3.02. The van der Waals surface area contributed by atoms with Crippen molar-refractivity contribution < 1.29 is 5.21 Å². The van der Waals surface area contributed by atoms with Crippen LogP contribution in [0.4, 0.5) is 0 Å². The van der Waals surface area contributed by atoms with Gasteiger partial charge in [0.1, 0.15) is 6.33 Å². The number of hydrogen-bond donors (Lipinski definition) is 1. The van der Waals surface area contributed by atoms with Gasteiger partial charge < -0.3 is 9.77 Å². The van der Waals surface area contributed by atoms with Gasteiger partial charge in [0.25, 0.3) is 0 Å². The molecule has 0 fully saturated rings. The average Bonchev–Trinajstić information content (AvgIpc) is 2.78. The quantitative estimate of drug-likeness (QED) is 0.405. The van der Waals surface area contributed by atoms with Crippen LogP contribution in [0.3, 0.4) is 0 Å². The predicted molar refractivity (Wildman–Crippen MR) is 71.5 cm³/mol. The summed E-state index contributed by atoms with van der Waals surface area (Å²) in [6, 6.07) is 7.15. The van der Waals surface area contributed by atoms with Crippen molar-refractivity contribution in [1.29, 1.82) is 0 Å². The fourth-order valence-electron chi connectivity index (χ4n) is 1.35. The summed E-state index contributed by atoms with van der Waals surface area (Å²) in [5.74, 6) is 0.505. The minimum absolute atomic E-state index is 0.505. The standard InChI is InChI=1S/C11H11ClN4OS/c1-16-7-13-14-11(16)18-6-10(15-17)8-2-4-9(12)5-3-8/h2-5,7,17H,6H2,1H3. The van der Waals surface area contributed by atoms with E-state index < -0.39 is 0 Å². The number of nitrogens with zero attached hydrogens (tertiary/aromatic N) is 4. The van der Waals surface area contributed by atoms with Crippen molar-refractivity contribution in [1.82, 2.24) is 14.8 Å². The molecule has 1 aromatic carbocycles. The van der Waals surface area contributed by atoms with E-state index in [9.17, 15) is 0 Å². The van der Waals surface area contributed by atoms with Crippen LogP contribution in [0.5, 0.6) is 0 Å². The monoisotopic (exact) mass is 282 g/mol. The molecular weight excluding hydrogens is 272 g/mol. The molecule has 2 rings (SSSR count). The number of aromatic nitrogens is 3. The maximum atomic E-state index is 9.05. The van der Waals surface area contributed by atoms with E-state index in [2.05, 4.69) is 15.4 Å². The lowest BCUT2D eigenvalue weighted by Gasteiger charge is -2.04. The van der Waals surface area contributed by atoms with Crippen molar-refractivity contribution in [2.24, 2.45) is 12.2 Å². The van der Waals surface area contributed by atoms with Crippen LogP contribution in [-0.2, 0) is 7.05 Å². The Morgan fingerprint density at radius 2 is 2.17 bits per heavy atom. The second kappa shape index (κ2) is 5.88. The zero-order valence-electron chi connectivity index (χ0n) is 9.62. The van der Waals surface area contributed by atoms with Crippen LogP contribution < -0.4 is 0 Å². The van der Waals surface area contributed by atoms with E-state index in [-0.39, 0.29) is 0 Å². The third-order valence-corrected chi connectivity index (χ3v) is 3.60. The molecule has 7 heteroatoms. The topological polar surface area (TPSA) is 63.3 Å². The maximum Gasteiger partial charge on any atom is 0.191 e. The lowest BCUT2D eigenvalue weighted by Crippen LogP contribution is -2.05. The van der Waals surface area contributed by atoms with Gasteiger partial charge in [-0.3, -0.25) is 0 Å². The first-order chi connectivity index (χ1) is 8.70. The fraction of sp³-hybridized carbons (Fsp3) is 0.182. The van der Waals surface area contributed by atoms with Crippen LogP contribution in [0, 0.1) is 0 Å². The summed E-state index contributed by atoms with van der Waals surface area (Å²) in [5, 5.41) is 21.5. The minimum atomic E-state index is 0.505. The van der Waals surface area contributed by atoms with Gasteiger partial charge >= 0.3 is 0 Å². The van der Waals surface area contributed by atoms with Crippen molar-refractivity contribution >= 4 is 29.1 Å². The predicted octanol–water partition coefficient (Wildman–Crippen LogP) is 2.44. The molecule has 1 aromatic heterocycles. The van der Waals surface area contributed by atoms with Crippen molar-refractivity contribution in [3.05, 3.63) is 41.2 Å². The lowest BCUT2D eigenvalue weighted by atomic mass is 10.1. The summed E-state index contributed by atoms with van der Waals surface area (Å²) in [7, 11) is 1.86. The second-order valence-corrected chi connectivity index (χ2v) is 4.95. The van der Waals surface area contributed by atoms with Crippen molar-refractivity contribution in [2.45, 2.75) is 5.16 Å². The molecule has 0 unspecified atom stereocenters. The van der Waals surface area contributed by atoms with Gasteiger partial charge in [-0.1, -0.05) is 40.7 Å². The molecular formula is C11H11ClN4OS. The highest BCUT2D eigenvalue weighted by Gasteiger charge is 2.08. The number of halogens is 1. The summed E-state index contributed by atoms with van der Waals surface area (Å²) in [6.07, 6.45) is 1.63. The Bertz CT molecular complexity index is 552. The number of rotatable bonds is 4. The van der Waals surface area contributed by atoms with E-state index in [4.69, 9.17) is 16.8 Å². The highest BCUT2D eigenvalue weighted by molar-refractivity contribution is 7.99. The highest BCUT2D eigenvalue weighted by Crippen LogP contribution is 2.17. The van der Waals surface area contributed by atoms with Crippen LogP contribution in [0.2, 0.25) is 5.02 Å². The van der Waals surface area contributed by atoms with Gasteiger partial charge in [0.15, 0.2) is 5.16 Å². The first kappa shape index (κ1) is 12.9. The van der Waals surface area contributed by atoms with E-state index in [0.717, 1.165) is 10.7 Å². The van der Waals surface area contributed by atoms with E-state index in [1.54, 1.807) is 18.5 Å². The number of aryl methyl sites for hydroxylation is 1. The summed E-state index contributed by atoms with van der Waals surface area (Å²) in [5.41, 5.74) is 1.40. The van der Waals surface area contributed by atoms with Gasteiger partial charge in [-0.2, -0.15) is 0 Å². The van der Waals surface area contributed by atoms with Gasteiger partial charge in [-0.15, -0.1) is 10.2 Å². The lowest BCUT2D eigenvalue weighted by molar-refractivity contribution is 0.319. The second-order valence-electron chi connectivity index (χ2n) is 3.57. The smallest absolute Gasteiger partial charge is 0.191 e. The Labute approximate surface area is 113 Å². The number of oxime groups is 1. The zero-order valence-corrected chi connectivity index (χ0v) is 11.2. The molecule has 0 aliphatic heterocycles. The molecule has 0 aliphatic rings. The molecule has 1 heterocycles. The summed E-state index contributed by atoms with van der Waals surface area (Å²) >= 11 is 7.26. The first-order valence-electron chi connectivity index (χ1n) is 5.14. The van der Waals surface area contributed by atoms with Crippen LogP contribution in [0.25, 0.3) is 0 Å². The molecule has 0 saturated carbocycles. The van der Waals surface area contributed by atoms with Crippen LogP contribution in [-0.4, -0.2) is 31.4 Å². The SMILES string of the molecule is Cn1cnnc1SCC(=NO)c1ccc(Cl)cc1. The molecule has 0 saturated heterocycles. The maximum absolute atomic E-state index is 9.05. The van der Waals surface area contributed by atoms with Gasteiger partial charge in [0.2, 0.25) is 0 Å². The number of thioether (sulfide) groups is 1. The number of benzene rings is 1. The number of hydrogen-bond acceptors (Lipinski definition) is 5. The van der Waals surface area contributed by atoms with E-state index >= 15 is 0 Å². The third-order valence-electron chi connectivity index (χ3n) is 2.31. The minimum Gasteiger partial charge on any atom is -0.411 e. The molecule has 18 heavy (non-hydrogen) atoms. The van der Waals surface area contributed by atoms with Crippen molar-refractivity contribution in [2.75, 3.05) is 5.75 Å². The molecule has 0 aliphatic carbocycles. The molecule has 0 spiro atoms. The average molecular weight is 283 g/mol. The van der Waals surface area contributed by atoms with E-state index in [1.165, 1.54) is 11.8 Å². The molecule has 0 amide bonds. The zero-order chi connectivity index (χ0) is 13.0. The Hall–Kier alpha value is -1.53. The molecule has 0 bridgehead atoms. The normalized spacial score (nSPS) is 11.8. The van der Waals surface area contributed by atoms with Crippen LogP contribution in [0.1, 0.15) is 5.56 Å². The fourth-order valence-corrected chi connectivity index (χ4v) is 2.32.